The summed E-state index contributed by atoms with van der Waals surface area (Å²) < 4.78 is 45.8. The molecule has 1 amide bonds. The van der Waals surface area contributed by atoms with Crippen LogP contribution in [-0.4, -0.2) is 40.1 Å². The van der Waals surface area contributed by atoms with Crippen LogP contribution in [0.3, 0.4) is 0 Å². The minimum Gasteiger partial charge on any atom is -0.365 e. The van der Waals surface area contributed by atoms with Gasteiger partial charge in [-0.15, -0.1) is 0 Å². The molecule has 1 fully saturated rings. The highest BCUT2D eigenvalue weighted by molar-refractivity contribution is 7.89. The largest absolute Gasteiger partial charge is 0.365 e. The summed E-state index contributed by atoms with van der Waals surface area (Å²) in [5.74, 6) is -0.647. The first kappa shape index (κ1) is 18.5. The molecule has 1 atom stereocenters. The zero-order chi connectivity index (χ0) is 18.7. The van der Waals surface area contributed by atoms with Gasteiger partial charge in [0.05, 0.1) is 17.5 Å². The molecule has 2 aromatic rings. The van der Waals surface area contributed by atoms with Crippen LogP contribution in [0.2, 0.25) is 0 Å². The van der Waals surface area contributed by atoms with Crippen LogP contribution in [-0.2, 0) is 19.6 Å². The van der Waals surface area contributed by atoms with Crippen LogP contribution < -0.4 is 9.62 Å². The van der Waals surface area contributed by atoms with E-state index in [0.717, 1.165) is 5.56 Å². The first-order valence-electron chi connectivity index (χ1n) is 8.09. The third-order valence-corrected chi connectivity index (χ3v) is 5.49. The van der Waals surface area contributed by atoms with Gasteiger partial charge >= 0.3 is 0 Å². The monoisotopic (exact) mass is 378 g/mol. The summed E-state index contributed by atoms with van der Waals surface area (Å²) in [6.07, 6.45) is -0.502. The molecule has 2 aromatic carbocycles. The second kappa shape index (κ2) is 7.53. The number of carbonyl (C=O) groups is 1. The van der Waals surface area contributed by atoms with Crippen LogP contribution in [0.25, 0.3) is 0 Å². The average molecular weight is 378 g/mol. The molecule has 1 heterocycles. The summed E-state index contributed by atoms with van der Waals surface area (Å²) in [7, 11) is -3.67. The lowest BCUT2D eigenvalue weighted by molar-refractivity contribution is -0.129. The molecule has 1 N–H and O–H groups in total. The highest BCUT2D eigenvalue weighted by Crippen LogP contribution is 2.19. The van der Waals surface area contributed by atoms with Crippen LogP contribution in [0.5, 0.6) is 0 Å². The van der Waals surface area contributed by atoms with E-state index in [4.69, 9.17) is 4.74 Å². The number of hydrogen-bond acceptors (Lipinski definition) is 4. The normalized spacial score (nSPS) is 18.2. The molecule has 26 heavy (non-hydrogen) atoms. The summed E-state index contributed by atoms with van der Waals surface area (Å²) in [6.45, 7) is 1.87. The molecule has 0 spiro atoms. The number of morpholine rings is 1. The van der Waals surface area contributed by atoms with Crippen molar-refractivity contribution in [2.24, 2.45) is 0 Å². The number of aryl methyl sites for hydroxylation is 1. The fourth-order valence-electron chi connectivity index (χ4n) is 2.69. The molecule has 0 bridgehead atoms. The maximum atomic E-state index is 13.1. The molecule has 0 aliphatic carbocycles. The first-order chi connectivity index (χ1) is 12.3. The van der Waals surface area contributed by atoms with E-state index in [1.54, 1.807) is 12.1 Å². The molecule has 1 saturated heterocycles. The van der Waals surface area contributed by atoms with E-state index in [-0.39, 0.29) is 30.5 Å². The van der Waals surface area contributed by atoms with Crippen molar-refractivity contribution in [1.29, 1.82) is 0 Å². The van der Waals surface area contributed by atoms with Gasteiger partial charge < -0.3 is 9.64 Å². The standard InChI is InChI=1S/C18H19FN2O4S/c1-13-3-2-4-17(9-13)26(23,24)20-10-16-11-21(18(22)12-25-16)15-7-5-14(19)6-8-15/h2-9,16,20H,10-12H2,1H3. The third-order valence-electron chi connectivity index (χ3n) is 4.07. The maximum absolute atomic E-state index is 13.1. The smallest absolute Gasteiger partial charge is 0.253 e. The van der Waals surface area contributed by atoms with E-state index in [9.17, 15) is 17.6 Å². The number of nitrogens with one attached hydrogen (secondary N) is 1. The molecule has 1 aliphatic rings. The van der Waals surface area contributed by atoms with E-state index in [2.05, 4.69) is 4.72 Å². The van der Waals surface area contributed by atoms with E-state index >= 15 is 0 Å². The summed E-state index contributed by atoms with van der Waals surface area (Å²) in [5, 5.41) is 0. The number of hydrogen-bond donors (Lipinski definition) is 1. The highest BCUT2D eigenvalue weighted by atomic mass is 32.2. The molecule has 6 nitrogen and oxygen atoms in total. The lowest BCUT2D eigenvalue weighted by Crippen LogP contribution is -2.50. The van der Waals surface area contributed by atoms with Gasteiger partial charge in [0.1, 0.15) is 12.4 Å². The first-order valence-corrected chi connectivity index (χ1v) is 9.57. The molecule has 1 aliphatic heterocycles. The number of carbonyl (C=O) groups excluding carboxylic acids is 1. The Morgan fingerprint density at radius 2 is 1.96 bits per heavy atom. The Bertz CT molecular complexity index is 900. The molecule has 3 rings (SSSR count). The quantitative estimate of drug-likeness (QED) is 0.862. The number of amides is 1. The Morgan fingerprint density at radius 1 is 1.23 bits per heavy atom. The highest BCUT2D eigenvalue weighted by Gasteiger charge is 2.28. The van der Waals surface area contributed by atoms with Crippen molar-refractivity contribution in [2.45, 2.75) is 17.9 Å². The van der Waals surface area contributed by atoms with Gasteiger partial charge in [-0.25, -0.2) is 17.5 Å². The minimum atomic E-state index is -3.67. The van der Waals surface area contributed by atoms with E-state index in [1.807, 2.05) is 13.0 Å². The fraction of sp³-hybridized carbons (Fsp3) is 0.278. The SMILES string of the molecule is Cc1cccc(S(=O)(=O)NCC2CN(c3ccc(F)cc3)C(=O)CO2)c1. The molecule has 0 radical (unpaired) electrons. The topological polar surface area (TPSA) is 75.7 Å². The number of ether oxygens (including phenoxy) is 1. The minimum absolute atomic E-state index is 0.0290. The number of halogens is 1. The second-order valence-electron chi connectivity index (χ2n) is 6.08. The predicted molar refractivity (Wildman–Crippen MR) is 94.9 cm³/mol. The Kier molecular flexibility index (Phi) is 5.36. The zero-order valence-electron chi connectivity index (χ0n) is 14.2. The van der Waals surface area contributed by atoms with Gasteiger partial charge in [0, 0.05) is 12.2 Å². The van der Waals surface area contributed by atoms with Crippen molar-refractivity contribution in [3.8, 4) is 0 Å². The molecule has 0 aromatic heterocycles. The average Bonchev–Trinajstić information content (AvgIpc) is 2.62. The second-order valence-corrected chi connectivity index (χ2v) is 7.85. The predicted octanol–water partition coefficient (Wildman–Crippen LogP) is 1.84. The summed E-state index contributed by atoms with van der Waals surface area (Å²) in [4.78, 5) is 13.7. The van der Waals surface area contributed by atoms with E-state index < -0.39 is 21.9 Å². The number of rotatable bonds is 5. The summed E-state index contributed by atoms with van der Waals surface area (Å²) in [6, 6.07) is 12.1. The molecule has 8 heteroatoms. The Balaban J connectivity index is 1.67. The molecular weight excluding hydrogens is 359 g/mol. The van der Waals surface area contributed by atoms with E-state index in [1.165, 1.54) is 35.2 Å². The number of benzene rings is 2. The lowest BCUT2D eigenvalue weighted by Gasteiger charge is -2.32. The molecule has 0 saturated carbocycles. The van der Waals surface area contributed by atoms with Crippen LogP contribution in [0.4, 0.5) is 10.1 Å². The summed E-state index contributed by atoms with van der Waals surface area (Å²) in [5.41, 5.74) is 1.39. The van der Waals surface area contributed by atoms with Crippen LogP contribution in [0, 0.1) is 12.7 Å². The van der Waals surface area contributed by atoms with Crippen LogP contribution in [0.1, 0.15) is 5.56 Å². The van der Waals surface area contributed by atoms with Gasteiger partial charge in [-0.1, -0.05) is 12.1 Å². The molecule has 138 valence electrons. The molecule has 1 unspecified atom stereocenters. The lowest BCUT2D eigenvalue weighted by atomic mass is 10.2. The van der Waals surface area contributed by atoms with Gasteiger partial charge in [0.15, 0.2) is 0 Å². The maximum Gasteiger partial charge on any atom is 0.253 e. The third kappa shape index (κ3) is 4.27. The van der Waals surface area contributed by atoms with Crippen molar-refractivity contribution in [3.05, 3.63) is 59.9 Å². The van der Waals surface area contributed by atoms with Crippen LogP contribution >= 0.6 is 0 Å². The zero-order valence-corrected chi connectivity index (χ0v) is 15.0. The van der Waals surface area contributed by atoms with Crippen LogP contribution in [0.15, 0.2) is 53.4 Å². The van der Waals surface area contributed by atoms with Crippen molar-refractivity contribution < 1.29 is 22.3 Å². The Labute approximate surface area is 151 Å². The Morgan fingerprint density at radius 3 is 2.65 bits per heavy atom. The van der Waals surface area contributed by atoms with Gasteiger partial charge in [-0.3, -0.25) is 4.79 Å². The van der Waals surface area contributed by atoms with Gasteiger partial charge in [0.25, 0.3) is 5.91 Å². The number of anilines is 1. The van der Waals surface area contributed by atoms with Gasteiger partial charge in [0.2, 0.25) is 10.0 Å². The van der Waals surface area contributed by atoms with Gasteiger partial charge in [-0.2, -0.15) is 0 Å². The Hall–Kier alpha value is -2.29. The van der Waals surface area contributed by atoms with Crippen molar-refractivity contribution >= 4 is 21.6 Å². The van der Waals surface area contributed by atoms with E-state index in [0.29, 0.717) is 5.69 Å². The number of nitrogens with zero attached hydrogens (tertiary/aromatic N) is 1. The fourth-order valence-corrected chi connectivity index (χ4v) is 3.86. The van der Waals surface area contributed by atoms with Crippen molar-refractivity contribution in [3.63, 3.8) is 0 Å². The van der Waals surface area contributed by atoms with Gasteiger partial charge in [-0.05, 0) is 48.9 Å². The summed E-state index contributed by atoms with van der Waals surface area (Å²) >= 11 is 0. The number of sulfonamides is 1. The van der Waals surface area contributed by atoms with Crippen molar-refractivity contribution in [1.82, 2.24) is 4.72 Å². The molecular formula is C18H19FN2O4S. The van der Waals surface area contributed by atoms with Crippen molar-refractivity contribution in [2.75, 3.05) is 24.6 Å².